The minimum Gasteiger partial charge on any atom is -0.376 e. The van der Waals surface area contributed by atoms with E-state index in [0.29, 0.717) is 0 Å². The third-order valence-electron chi connectivity index (χ3n) is 5.09. The van der Waals surface area contributed by atoms with E-state index in [1.807, 2.05) is 10.9 Å². The number of anilines is 1. The number of aromatic nitrogens is 3. The van der Waals surface area contributed by atoms with Crippen LogP contribution in [0.2, 0.25) is 0 Å². The van der Waals surface area contributed by atoms with Crippen LogP contribution in [0.4, 0.5) is 5.69 Å². The van der Waals surface area contributed by atoms with Gasteiger partial charge in [0.2, 0.25) is 0 Å². The molecule has 0 radical (unpaired) electrons. The molecule has 0 bridgehead atoms. The minimum atomic E-state index is 0.287. The summed E-state index contributed by atoms with van der Waals surface area (Å²) in [5, 5.41) is 8.61. The molecule has 0 N–H and O–H groups in total. The number of ether oxygens (including phenoxy) is 1. The predicted octanol–water partition coefficient (Wildman–Crippen LogP) is 3.50. The SMILES string of the molecule is c1cc(N2CCCCC2)ccc1-c1cn(C[C@H]2CCCCO2)nn1. The lowest BCUT2D eigenvalue weighted by Crippen LogP contribution is -2.29. The van der Waals surface area contributed by atoms with E-state index < -0.39 is 0 Å². The van der Waals surface area contributed by atoms with E-state index in [1.165, 1.54) is 50.9 Å². The molecule has 1 aromatic carbocycles. The van der Waals surface area contributed by atoms with Gasteiger partial charge in [-0.25, -0.2) is 4.68 Å². The number of hydrogen-bond acceptors (Lipinski definition) is 4. The molecule has 128 valence electrons. The van der Waals surface area contributed by atoms with Crippen LogP contribution in [0, 0.1) is 0 Å². The van der Waals surface area contributed by atoms with Gasteiger partial charge < -0.3 is 9.64 Å². The van der Waals surface area contributed by atoms with Crippen molar-refractivity contribution < 1.29 is 4.74 Å². The van der Waals surface area contributed by atoms with Crippen molar-refractivity contribution in [1.82, 2.24) is 15.0 Å². The van der Waals surface area contributed by atoms with E-state index >= 15 is 0 Å². The highest BCUT2D eigenvalue weighted by Gasteiger charge is 2.16. The summed E-state index contributed by atoms with van der Waals surface area (Å²) in [6.45, 7) is 4.04. The molecule has 1 atom stereocenters. The van der Waals surface area contributed by atoms with E-state index in [2.05, 4.69) is 39.5 Å². The third-order valence-corrected chi connectivity index (χ3v) is 5.09. The van der Waals surface area contributed by atoms with Gasteiger partial charge in [-0.2, -0.15) is 0 Å². The molecule has 0 spiro atoms. The smallest absolute Gasteiger partial charge is 0.113 e. The van der Waals surface area contributed by atoms with Crippen molar-refractivity contribution in [2.75, 3.05) is 24.6 Å². The molecule has 2 aliphatic rings. The molecular formula is C19H26N4O. The molecule has 0 saturated carbocycles. The van der Waals surface area contributed by atoms with Gasteiger partial charge >= 0.3 is 0 Å². The summed E-state index contributed by atoms with van der Waals surface area (Å²) < 4.78 is 7.71. The second-order valence-corrected chi connectivity index (χ2v) is 6.91. The number of rotatable bonds is 4. The molecule has 4 rings (SSSR count). The van der Waals surface area contributed by atoms with Crippen LogP contribution in [0.15, 0.2) is 30.5 Å². The Bertz CT molecular complexity index is 640. The zero-order valence-corrected chi connectivity index (χ0v) is 14.2. The van der Waals surface area contributed by atoms with E-state index in [9.17, 15) is 0 Å². The summed E-state index contributed by atoms with van der Waals surface area (Å²) in [7, 11) is 0. The van der Waals surface area contributed by atoms with Crippen molar-refractivity contribution in [1.29, 1.82) is 0 Å². The highest BCUT2D eigenvalue weighted by molar-refractivity contribution is 5.62. The van der Waals surface area contributed by atoms with E-state index in [-0.39, 0.29) is 6.10 Å². The predicted molar refractivity (Wildman–Crippen MR) is 95.1 cm³/mol. The molecule has 5 nitrogen and oxygen atoms in total. The average molecular weight is 326 g/mol. The van der Waals surface area contributed by atoms with Crippen molar-refractivity contribution >= 4 is 5.69 Å². The van der Waals surface area contributed by atoms with Crippen molar-refractivity contribution in [2.45, 2.75) is 51.2 Å². The summed E-state index contributed by atoms with van der Waals surface area (Å²) in [6.07, 6.45) is 9.86. The minimum absolute atomic E-state index is 0.287. The average Bonchev–Trinajstić information content (AvgIpc) is 3.12. The monoisotopic (exact) mass is 326 g/mol. The van der Waals surface area contributed by atoms with Gasteiger partial charge in [-0.15, -0.1) is 5.10 Å². The van der Waals surface area contributed by atoms with Gasteiger partial charge in [-0.05, 0) is 50.7 Å². The maximum atomic E-state index is 5.79. The number of piperidine rings is 1. The highest BCUT2D eigenvalue weighted by atomic mass is 16.5. The zero-order valence-electron chi connectivity index (χ0n) is 14.2. The van der Waals surface area contributed by atoms with Gasteiger partial charge in [-0.1, -0.05) is 17.3 Å². The molecule has 3 heterocycles. The fraction of sp³-hybridized carbons (Fsp3) is 0.579. The van der Waals surface area contributed by atoms with E-state index in [4.69, 9.17) is 4.74 Å². The second kappa shape index (κ2) is 7.34. The fourth-order valence-electron chi connectivity index (χ4n) is 3.68. The Labute approximate surface area is 143 Å². The Hall–Kier alpha value is -1.88. The van der Waals surface area contributed by atoms with Crippen molar-refractivity contribution in [2.24, 2.45) is 0 Å². The summed E-state index contributed by atoms with van der Waals surface area (Å²) >= 11 is 0. The Morgan fingerprint density at radius 3 is 2.58 bits per heavy atom. The summed E-state index contributed by atoms with van der Waals surface area (Å²) in [5.41, 5.74) is 3.39. The summed E-state index contributed by atoms with van der Waals surface area (Å²) in [4.78, 5) is 2.48. The molecule has 2 saturated heterocycles. The molecule has 0 aliphatic carbocycles. The quantitative estimate of drug-likeness (QED) is 0.862. The standard InChI is InChI=1S/C19H26N4O/c1-3-11-22(12-4-1)17-9-7-16(8-10-17)19-15-23(21-20-19)14-18-6-2-5-13-24-18/h7-10,15,18H,1-6,11-14H2/t18-/m1/s1. The first-order valence-corrected chi connectivity index (χ1v) is 9.26. The maximum Gasteiger partial charge on any atom is 0.113 e. The van der Waals surface area contributed by atoms with Crippen LogP contribution in [-0.2, 0) is 11.3 Å². The Morgan fingerprint density at radius 2 is 1.83 bits per heavy atom. The molecule has 2 aliphatic heterocycles. The normalized spacial score (nSPS) is 21.8. The zero-order chi connectivity index (χ0) is 16.2. The fourth-order valence-corrected chi connectivity index (χ4v) is 3.68. The van der Waals surface area contributed by atoms with Gasteiger partial charge in [0.15, 0.2) is 0 Å². The first-order chi connectivity index (χ1) is 11.9. The topological polar surface area (TPSA) is 43.2 Å². The molecule has 24 heavy (non-hydrogen) atoms. The molecule has 2 aromatic rings. The van der Waals surface area contributed by atoms with Crippen molar-refractivity contribution in [3.8, 4) is 11.3 Å². The summed E-state index contributed by atoms with van der Waals surface area (Å²) in [5.74, 6) is 0. The van der Waals surface area contributed by atoms with Gasteiger partial charge in [0.25, 0.3) is 0 Å². The number of nitrogens with zero attached hydrogens (tertiary/aromatic N) is 4. The molecule has 2 fully saturated rings. The van der Waals surface area contributed by atoms with Crippen LogP contribution in [0.3, 0.4) is 0 Å². The Balaban J connectivity index is 1.42. The molecular weight excluding hydrogens is 300 g/mol. The van der Waals surface area contributed by atoms with Crippen LogP contribution in [0.25, 0.3) is 11.3 Å². The van der Waals surface area contributed by atoms with Gasteiger partial charge in [-0.3, -0.25) is 0 Å². The molecule has 0 unspecified atom stereocenters. The lowest BCUT2D eigenvalue weighted by molar-refractivity contribution is 0.00370. The van der Waals surface area contributed by atoms with Gasteiger partial charge in [0, 0.05) is 30.9 Å². The number of benzene rings is 1. The van der Waals surface area contributed by atoms with Crippen molar-refractivity contribution in [3.63, 3.8) is 0 Å². The summed E-state index contributed by atoms with van der Waals surface area (Å²) in [6, 6.07) is 8.75. The number of hydrogen-bond donors (Lipinski definition) is 0. The largest absolute Gasteiger partial charge is 0.376 e. The molecule has 0 amide bonds. The lowest BCUT2D eigenvalue weighted by atomic mass is 10.1. The van der Waals surface area contributed by atoms with Gasteiger partial charge in [0.05, 0.1) is 18.8 Å². The highest BCUT2D eigenvalue weighted by Crippen LogP contribution is 2.24. The maximum absolute atomic E-state index is 5.79. The molecule has 5 heteroatoms. The van der Waals surface area contributed by atoms with Crippen LogP contribution < -0.4 is 4.90 Å². The third kappa shape index (κ3) is 3.61. The Morgan fingerprint density at radius 1 is 1.00 bits per heavy atom. The Kier molecular flexibility index (Phi) is 4.78. The molecule has 1 aromatic heterocycles. The lowest BCUT2D eigenvalue weighted by Gasteiger charge is -2.28. The van der Waals surface area contributed by atoms with Crippen LogP contribution in [0.1, 0.15) is 38.5 Å². The van der Waals surface area contributed by atoms with E-state index in [1.54, 1.807) is 0 Å². The first kappa shape index (κ1) is 15.6. The van der Waals surface area contributed by atoms with E-state index in [0.717, 1.165) is 30.8 Å². The van der Waals surface area contributed by atoms with Crippen LogP contribution >= 0.6 is 0 Å². The van der Waals surface area contributed by atoms with Gasteiger partial charge in [0.1, 0.15) is 5.69 Å². The van der Waals surface area contributed by atoms with Crippen LogP contribution in [0.5, 0.6) is 0 Å². The van der Waals surface area contributed by atoms with Crippen LogP contribution in [-0.4, -0.2) is 40.8 Å². The first-order valence-electron chi connectivity index (χ1n) is 9.26. The van der Waals surface area contributed by atoms with Crippen molar-refractivity contribution in [3.05, 3.63) is 30.5 Å². The second-order valence-electron chi connectivity index (χ2n) is 6.91.